The third kappa shape index (κ3) is 3.24. The number of pyridine rings is 2. The molecule has 0 saturated carbocycles. The van der Waals surface area contributed by atoms with E-state index in [1.54, 1.807) is 31.5 Å². The van der Waals surface area contributed by atoms with E-state index in [9.17, 15) is 8.42 Å². The quantitative estimate of drug-likeness (QED) is 0.896. The molecule has 8 heteroatoms. The van der Waals surface area contributed by atoms with Crippen molar-refractivity contribution in [2.24, 2.45) is 0 Å². The molecule has 0 aliphatic carbocycles. The highest BCUT2D eigenvalue weighted by molar-refractivity contribution is 7.89. The van der Waals surface area contributed by atoms with Crippen molar-refractivity contribution in [3.05, 3.63) is 47.4 Å². The lowest BCUT2D eigenvalue weighted by molar-refractivity contribution is 0.566. The van der Waals surface area contributed by atoms with Gasteiger partial charge in [-0.2, -0.15) is 0 Å². The minimum absolute atomic E-state index is 0.0348. The van der Waals surface area contributed by atoms with Gasteiger partial charge in [0, 0.05) is 24.6 Å². The molecular formula is C12H13ClN4O2S. The lowest BCUT2D eigenvalue weighted by Gasteiger charge is -2.14. The van der Waals surface area contributed by atoms with Crippen molar-refractivity contribution in [2.75, 3.05) is 5.73 Å². The van der Waals surface area contributed by atoms with Crippen molar-refractivity contribution >= 4 is 27.4 Å². The van der Waals surface area contributed by atoms with E-state index in [1.807, 2.05) is 0 Å². The molecule has 1 atom stereocenters. The Hall–Kier alpha value is -1.70. The van der Waals surface area contributed by atoms with Crippen LogP contribution in [-0.2, 0) is 10.0 Å². The van der Waals surface area contributed by atoms with Gasteiger partial charge < -0.3 is 5.73 Å². The van der Waals surface area contributed by atoms with Crippen molar-refractivity contribution < 1.29 is 8.42 Å². The van der Waals surface area contributed by atoms with Crippen molar-refractivity contribution in [3.63, 3.8) is 0 Å². The fourth-order valence-corrected chi connectivity index (χ4v) is 3.01. The monoisotopic (exact) mass is 312 g/mol. The zero-order valence-electron chi connectivity index (χ0n) is 10.6. The number of aromatic nitrogens is 2. The Morgan fingerprint density at radius 2 is 2.15 bits per heavy atom. The molecule has 0 aliphatic heterocycles. The maximum absolute atomic E-state index is 12.2. The summed E-state index contributed by atoms with van der Waals surface area (Å²) in [7, 11) is -3.73. The molecule has 6 nitrogen and oxygen atoms in total. The maximum atomic E-state index is 12.2. The molecule has 2 rings (SSSR count). The van der Waals surface area contributed by atoms with E-state index in [2.05, 4.69) is 14.7 Å². The van der Waals surface area contributed by atoms with Crippen molar-refractivity contribution in [1.82, 2.24) is 14.7 Å². The molecule has 0 aliphatic rings. The van der Waals surface area contributed by atoms with Gasteiger partial charge in [-0.3, -0.25) is 4.98 Å². The van der Waals surface area contributed by atoms with Gasteiger partial charge in [0.05, 0.1) is 5.02 Å². The van der Waals surface area contributed by atoms with Crippen LogP contribution in [0.15, 0.2) is 41.7 Å². The molecule has 2 aromatic heterocycles. The highest BCUT2D eigenvalue weighted by Crippen LogP contribution is 2.21. The number of halogens is 1. The van der Waals surface area contributed by atoms with Gasteiger partial charge in [-0.1, -0.05) is 17.7 Å². The normalized spacial score (nSPS) is 13.1. The lowest BCUT2D eigenvalue weighted by atomic mass is 10.2. The van der Waals surface area contributed by atoms with Gasteiger partial charge in [-0.15, -0.1) is 0 Å². The van der Waals surface area contributed by atoms with Crippen LogP contribution < -0.4 is 10.5 Å². The predicted octanol–water partition coefficient (Wildman–Crippen LogP) is 1.75. The summed E-state index contributed by atoms with van der Waals surface area (Å²) in [5.74, 6) is 0.0888. The van der Waals surface area contributed by atoms with E-state index < -0.39 is 16.1 Å². The number of nitrogen functional groups attached to an aromatic ring is 1. The van der Waals surface area contributed by atoms with E-state index in [-0.39, 0.29) is 15.7 Å². The van der Waals surface area contributed by atoms with E-state index in [0.717, 1.165) is 5.56 Å². The fourth-order valence-electron chi connectivity index (χ4n) is 1.58. The van der Waals surface area contributed by atoms with E-state index >= 15 is 0 Å². The van der Waals surface area contributed by atoms with Crippen molar-refractivity contribution in [1.29, 1.82) is 0 Å². The number of hydrogen-bond donors (Lipinski definition) is 2. The Kier molecular flexibility index (Phi) is 4.22. The van der Waals surface area contributed by atoms with Crippen molar-refractivity contribution in [2.45, 2.75) is 17.9 Å². The van der Waals surface area contributed by atoms with Crippen LogP contribution >= 0.6 is 11.6 Å². The van der Waals surface area contributed by atoms with E-state index in [4.69, 9.17) is 17.3 Å². The Balaban J connectivity index is 2.25. The number of nitrogens with one attached hydrogen (secondary N) is 1. The Bertz CT molecular complexity index is 707. The standard InChI is InChI=1S/C12H13ClN4O2S/c1-8(9-3-2-4-15-6-9)17-20(18,19)10-5-11(13)12(14)16-7-10/h2-8,17H,1H3,(H2,14,16). The van der Waals surface area contributed by atoms with E-state index in [0.29, 0.717) is 0 Å². The number of nitrogens with zero attached hydrogens (tertiary/aromatic N) is 2. The van der Waals surface area contributed by atoms with Crippen LogP contribution in [0.1, 0.15) is 18.5 Å². The molecule has 3 N–H and O–H groups in total. The average molecular weight is 313 g/mol. The van der Waals surface area contributed by atoms with Crippen LogP contribution in [0.4, 0.5) is 5.82 Å². The van der Waals surface area contributed by atoms with Crippen LogP contribution in [0.5, 0.6) is 0 Å². The van der Waals surface area contributed by atoms with Crippen LogP contribution in [0.3, 0.4) is 0 Å². The zero-order valence-corrected chi connectivity index (χ0v) is 12.2. The molecular weight excluding hydrogens is 300 g/mol. The summed E-state index contributed by atoms with van der Waals surface area (Å²) in [5.41, 5.74) is 6.21. The second-order valence-electron chi connectivity index (χ2n) is 4.17. The first-order chi connectivity index (χ1) is 9.40. The lowest BCUT2D eigenvalue weighted by Crippen LogP contribution is -2.27. The highest BCUT2D eigenvalue weighted by Gasteiger charge is 2.19. The minimum Gasteiger partial charge on any atom is -0.382 e. The maximum Gasteiger partial charge on any atom is 0.242 e. The average Bonchev–Trinajstić information content (AvgIpc) is 2.42. The molecule has 0 amide bonds. The summed E-state index contributed by atoms with van der Waals surface area (Å²) in [5, 5.41) is 0.0990. The van der Waals surface area contributed by atoms with Gasteiger partial charge in [-0.25, -0.2) is 18.1 Å². The zero-order chi connectivity index (χ0) is 14.8. The summed E-state index contributed by atoms with van der Waals surface area (Å²) in [4.78, 5) is 7.65. The van der Waals surface area contributed by atoms with E-state index in [1.165, 1.54) is 12.3 Å². The molecule has 0 bridgehead atoms. The fraction of sp³-hybridized carbons (Fsp3) is 0.167. The molecule has 2 aromatic rings. The third-order valence-electron chi connectivity index (χ3n) is 2.67. The van der Waals surface area contributed by atoms with Gasteiger partial charge in [0.15, 0.2) is 0 Å². The first-order valence-corrected chi connectivity index (χ1v) is 7.59. The first kappa shape index (κ1) is 14.7. The van der Waals surface area contributed by atoms with Crippen LogP contribution in [-0.4, -0.2) is 18.4 Å². The molecule has 0 saturated heterocycles. The van der Waals surface area contributed by atoms with Gasteiger partial charge in [0.1, 0.15) is 10.7 Å². The molecule has 1 unspecified atom stereocenters. The number of rotatable bonds is 4. The molecule has 0 aromatic carbocycles. The van der Waals surface area contributed by atoms with Crippen LogP contribution in [0.2, 0.25) is 5.02 Å². The second kappa shape index (κ2) is 5.74. The summed E-state index contributed by atoms with van der Waals surface area (Å²) in [6.07, 6.45) is 4.38. The van der Waals surface area contributed by atoms with Gasteiger partial charge in [0.2, 0.25) is 10.0 Å². The minimum atomic E-state index is -3.73. The molecule has 2 heterocycles. The van der Waals surface area contributed by atoms with Crippen LogP contribution in [0, 0.1) is 0 Å². The van der Waals surface area contributed by atoms with Gasteiger partial charge in [-0.05, 0) is 24.6 Å². The van der Waals surface area contributed by atoms with Gasteiger partial charge in [0.25, 0.3) is 0 Å². The molecule has 0 radical (unpaired) electrons. The smallest absolute Gasteiger partial charge is 0.242 e. The Labute approximate surface area is 122 Å². The van der Waals surface area contributed by atoms with Crippen molar-refractivity contribution in [3.8, 4) is 0 Å². The van der Waals surface area contributed by atoms with Crippen LogP contribution in [0.25, 0.3) is 0 Å². The van der Waals surface area contributed by atoms with Gasteiger partial charge >= 0.3 is 0 Å². The second-order valence-corrected chi connectivity index (χ2v) is 6.29. The number of nitrogens with two attached hydrogens (primary N) is 1. The summed E-state index contributed by atoms with van der Waals surface area (Å²) in [6, 6.07) is 4.36. The first-order valence-electron chi connectivity index (χ1n) is 5.73. The Morgan fingerprint density at radius 1 is 1.40 bits per heavy atom. The number of anilines is 1. The topological polar surface area (TPSA) is 98.0 Å². The third-order valence-corrected chi connectivity index (χ3v) is 4.48. The number of hydrogen-bond acceptors (Lipinski definition) is 5. The molecule has 0 fully saturated rings. The molecule has 106 valence electrons. The highest BCUT2D eigenvalue weighted by atomic mass is 35.5. The largest absolute Gasteiger partial charge is 0.382 e. The Morgan fingerprint density at radius 3 is 2.75 bits per heavy atom. The molecule has 0 spiro atoms. The SMILES string of the molecule is CC(NS(=O)(=O)c1cnc(N)c(Cl)c1)c1cccnc1. The predicted molar refractivity (Wildman–Crippen MR) is 76.6 cm³/mol. The summed E-state index contributed by atoms with van der Waals surface area (Å²) in [6.45, 7) is 1.72. The summed E-state index contributed by atoms with van der Waals surface area (Å²) < 4.78 is 26.9. The summed E-state index contributed by atoms with van der Waals surface area (Å²) >= 11 is 5.78. The number of sulfonamides is 1. The molecule has 20 heavy (non-hydrogen) atoms.